The largest absolute Gasteiger partial charge is 1.00 e. The number of benzene rings is 2. The Morgan fingerprint density at radius 1 is 0.885 bits per heavy atom. The number of allylic oxidation sites excluding steroid dienone is 4. The van der Waals surface area contributed by atoms with Crippen molar-refractivity contribution < 1.29 is 49.5 Å². The summed E-state index contributed by atoms with van der Waals surface area (Å²) in [4.78, 5) is 0. The molecule has 3 heteroatoms. The van der Waals surface area contributed by atoms with Crippen LogP contribution in [0.3, 0.4) is 0 Å². The molecule has 0 radical (unpaired) electrons. The van der Waals surface area contributed by atoms with Crippen LogP contribution >= 0.6 is 0 Å². The molecule has 0 saturated carbocycles. The van der Waals surface area contributed by atoms with Gasteiger partial charge in [-0.25, -0.2) is 0 Å². The normalized spacial score (nSPS) is 17.9. The van der Waals surface area contributed by atoms with Crippen molar-refractivity contribution in [1.82, 2.24) is 0 Å². The van der Waals surface area contributed by atoms with Gasteiger partial charge in [0, 0.05) is 0 Å². The van der Waals surface area contributed by atoms with Crippen molar-refractivity contribution in [2.45, 2.75) is 37.7 Å². The second-order valence-corrected chi connectivity index (χ2v) is 9.46. The summed E-state index contributed by atoms with van der Waals surface area (Å²) >= 11 is 1.59. The van der Waals surface area contributed by atoms with E-state index >= 15 is 0 Å². The Balaban J connectivity index is 0.00000121. The van der Waals surface area contributed by atoms with E-state index in [2.05, 4.69) is 76.2 Å². The summed E-state index contributed by atoms with van der Waals surface area (Å²) in [6, 6.07) is 15.9. The Labute approximate surface area is 184 Å². The zero-order chi connectivity index (χ0) is 17.1. The molecule has 2 aromatic rings. The Hall–Kier alpha value is -0.617. The Kier molecular flexibility index (Phi) is 6.49. The van der Waals surface area contributed by atoms with Crippen molar-refractivity contribution in [3.05, 3.63) is 76.4 Å². The first-order chi connectivity index (χ1) is 11.4. The van der Waals surface area contributed by atoms with Crippen LogP contribution in [0.5, 0.6) is 0 Å². The van der Waals surface area contributed by atoms with Crippen LogP contribution in [0.2, 0.25) is 0 Å². The van der Waals surface area contributed by atoms with Crippen LogP contribution in [-0.4, -0.2) is 0 Å². The summed E-state index contributed by atoms with van der Waals surface area (Å²) in [6.45, 7) is 9.27. The van der Waals surface area contributed by atoms with Crippen LogP contribution in [0.1, 0.15) is 54.4 Å². The number of fused-ring (bicyclic) bond motifs is 3. The quantitative estimate of drug-likeness (QED) is 0.579. The molecule has 0 saturated heterocycles. The molecule has 0 bridgehead atoms. The molecular formula is C23H23Cl2Zr. The number of hydrogen-bond donors (Lipinski definition) is 0. The molecule has 1 unspecified atom stereocenters. The van der Waals surface area contributed by atoms with Crippen LogP contribution in [-0.2, 0) is 24.7 Å². The van der Waals surface area contributed by atoms with Crippen LogP contribution in [0.15, 0.2) is 59.7 Å². The minimum absolute atomic E-state index is 0. The van der Waals surface area contributed by atoms with Gasteiger partial charge in [0.05, 0.1) is 0 Å². The first kappa shape index (κ1) is 21.7. The summed E-state index contributed by atoms with van der Waals surface area (Å²) in [7, 11) is 0. The van der Waals surface area contributed by atoms with E-state index in [1.807, 2.05) is 0 Å². The van der Waals surface area contributed by atoms with Gasteiger partial charge in [-0.15, -0.1) is 0 Å². The molecule has 133 valence electrons. The van der Waals surface area contributed by atoms with Gasteiger partial charge in [0.25, 0.3) is 0 Å². The molecule has 2 aromatic carbocycles. The molecule has 2 aliphatic carbocycles. The van der Waals surface area contributed by atoms with E-state index in [0.29, 0.717) is 3.63 Å². The topological polar surface area (TPSA) is 0 Å². The predicted octanol–water partition coefficient (Wildman–Crippen LogP) is 0.461. The van der Waals surface area contributed by atoms with Gasteiger partial charge in [0.1, 0.15) is 0 Å². The Morgan fingerprint density at radius 3 is 2.15 bits per heavy atom. The molecule has 0 heterocycles. The maximum Gasteiger partial charge on any atom is -1.00 e. The zero-order valence-corrected chi connectivity index (χ0v) is 19.6. The fourth-order valence-electron chi connectivity index (χ4n) is 4.04. The zero-order valence-electron chi connectivity index (χ0n) is 15.7. The third-order valence-electron chi connectivity index (χ3n) is 5.48. The van der Waals surface area contributed by atoms with E-state index in [-0.39, 0.29) is 30.2 Å². The van der Waals surface area contributed by atoms with E-state index in [4.69, 9.17) is 0 Å². The molecule has 0 nitrogen and oxygen atoms in total. The molecule has 0 aliphatic heterocycles. The molecule has 26 heavy (non-hydrogen) atoms. The minimum Gasteiger partial charge on any atom is -1.00 e. The fourth-order valence-corrected chi connectivity index (χ4v) is 5.43. The molecular weight excluding hydrogens is 438 g/mol. The standard InChI is InChI=1S/C23H23.2ClH.Zr/c1-15-12-17(23(2,3)4)14-21(15)20-11-7-10-19-18-9-6-5-8-16(18)13-22(19)20;;;/h5-13H,14H2,1-4H3;2*1H;/q;;;+2/p-2. The van der Waals surface area contributed by atoms with Crippen LogP contribution in [0.25, 0.3) is 16.7 Å². The summed E-state index contributed by atoms with van der Waals surface area (Å²) in [6.07, 6.45) is 3.53. The predicted molar refractivity (Wildman–Crippen MR) is 98.5 cm³/mol. The van der Waals surface area contributed by atoms with Crippen molar-refractivity contribution in [3.63, 3.8) is 0 Å². The van der Waals surface area contributed by atoms with Gasteiger partial charge in [-0.05, 0) is 0 Å². The van der Waals surface area contributed by atoms with Crippen LogP contribution in [0.4, 0.5) is 0 Å². The summed E-state index contributed by atoms with van der Waals surface area (Å²) in [5, 5.41) is 0. The minimum atomic E-state index is 0. The van der Waals surface area contributed by atoms with E-state index in [1.54, 1.807) is 35.9 Å². The molecule has 2 aliphatic rings. The smallest absolute Gasteiger partial charge is 1.00 e. The monoisotopic (exact) mass is 459 g/mol. The van der Waals surface area contributed by atoms with E-state index in [1.165, 1.54) is 33.4 Å². The third-order valence-corrected chi connectivity index (χ3v) is 6.95. The van der Waals surface area contributed by atoms with Crippen LogP contribution < -0.4 is 24.8 Å². The van der Waals surface area contributed by atoms with Gasteiger partial charge in [0.15, 0.2) is 0 Å². The fraction of sp³-hybridized carbons (Fsp3) is 0.304. The van der Waals surface area contributed by atoms with Gasteiger partial charge < -0.3 is 24.8 Å². The number of rotatable bonds is 1. The average molecular weight is 462 g/mol. The van der Waals surface area contributed by atoms with Crippen molar-refractivity contribution >= 4 is 5.57 Å². The maximum absolute atomic E-state index is 2.43. The van der Waals surface area contributed by atoms with E-state index in [9.17, 15) is 0 Å². The maximum atomic E-state index is 2.43. The first-order valence-corrected chi connectivity index (χ1v) is 10.1. The van der Waals surface area contributed by atoms with E-state index in [0.717, 1.165) is 6.42 Å². The number of halogens is 2. The molecule has 1 atom stereocenters. The SMILES string of the molecule is CC1=C(c2cccc3c2[CH]([Zr+2])c2ccccc2-3)CC(C(C)(C)C)=C1.[Cl-].[Cl-]. The molecule has 0 fully saturated rings. The van der Waals surface area contributed by atoms with Gasteiger partial charge in [-0.3, -0.25) is 0 Å². The summed E-state index contributed by atoms with van der Waals surface area (Å²) < 4.78 is 0.568. The van der Waals surface area contributed by atoms with Gasteiger partial charge in [-0.2, -0.15) is 0 Å². The average Bonchev–Trinajstić information content (AvgIpc) is 3.07. The molecule has 0 N–H and O–H groups in total. The van der Waals surface area contributed by atoms with Crippen LogP contribution in [0, 0.1) is 5.41 Å². The van der Waals surface area contributed by atoms with E-state index < -0.39 is 0 Å². The second-order valence-electron chi connectivity index (χ2n) is 8.04. The summed E-state index contributed by atoms with van der Waals surface area (Å²) in [5.74, 6) is 0. The molecule has 0 aromatic heterocycles. The first-order valence-electron chi connectivity index (χ1n) is 8.72. The number of hydrogen-bond acceptors (Lipinski definition) is 0. The Bertz CT molecular complexity index is 901. The van der Waals surface area contributed by atoms with Gasteiger partial charge in [-0.1, -0.05) is 0 Å². The molecule has 4 rings (SSSR count). The molecule has 0 amide bonds. The van der Waals surface area contributed by atoms with Crippen molar-refractivity contribution in [1.29, 1.82) is 0 Å². The third kappa shape index (κ3) is 3.44. The van der Waals surface area contributed by atoms with Crippen molar-refractivity contribution in [3.8, 4) is 11.1 Å². The van der Waals surface area contributed by atoms with Crippen molar-refractivity contribution in [2.24, 2.45) is 5.41 Å². The Morgan fingerprint density at radius 2 is 1.50 bits per heavy atom. The van der Waals surface area contributed by atoms with Gasteiger partial charge >= 0.3 is 161 Å². The van der Waals surface area contributed by atoms with Crippen molar-refractivity contribution in [2.75, 3.05) is 0 Å². The van der Waals surface area contributed by atoms with Gasteiger partial charge in [0.2, 0.25) is 0 Å². The molecule has 0 spiro atoms. The summed E-state index contributed by atoms with van der Waals surface area (Å²) in [5.41, 5.74) is 12.3. The second kappa shape index (κ2) is 7.78.